The third-order valence-corrected chi connectivity index (χ3v) is 1.21. The first-order valence-electron chi connectivity index (χ1n) is 2.75. The fraction of sp³-hybridized carbons (Fsp3) is 1.00. The second kappa shape index (κ2) is 4.87. The summed E-state index contributed by atoms with van der Waals surface area (Å²) in [5.41, 5.74) is 0. The van der Waals surface area contributed by atoms with Gasteiger partial charge in [0.05, 0.1) is 0 Å². The Morgan fingerprint density at radius 3 is 2.11 bits per heavy atom. The molecule has 0 rings (SSSR count). The lowest BCUT2D eigenvalue weighted by Gasteiger charge is -2.12. The van der Waals surface area contributed by atoms with Gasteiger partial charge in [-0.25, -0.2) is 0 Å². The predicted octanol–water partition coefficient (Wildman–Crippen LogP) is 0.397. The van der Waals surface area contributed by atoms with E-state index in [2.05, 4.69) is 4.28 Å². The van der Waals surface area contributed by atoms with Crippen LogP contribution in [-0.4, -0.2) is 26.9 Å². The van der Waals surface area contributed by atoms with Crippen molar-refractivity contribution in [3.05, 3.63) is 0 Å². The summed E-state index contributed by atoms with van der Waals surface area (Å²) in [6, 6.07) is 0. The lowest BCUT2D eigenvalue weighted by atomic mass is 10.6. The Morgan fingerprint density at radius 1 is 1.56 bits per heavy atom. The van der Waals surface area contributed by atoms with Crippen molar-refractivity contribution in [3.63, 3.8) is 0 Å². The molecule has 56 valence electrons. The van der Waals surface area contributed by atoms with Gasteiger partial charge in [0.15, 0.2) is 0 Å². The molecular formula is C4H11NO3S. The lowest BCUT2D eigenvalue weighted by Crippen LogP contribution is -2.23. The van der Waals surface area contributed by atoms with Gasteiger partial charge in [-0.15, -0.1) is 0 Å². The molecule has 0 spiro atoms. The highest BCUT2D eigenvalue weighted by atomic mass is 32.2. The second-order valence-corrected chi connectivity index (χ2v) is 1.99. The van der Waals surface area contributed by atoms with Crippen molar-refractivity contribution in [2.45, 2.75) is 13.8 Å². The Hall–Kier alpha value is 0.0300. The summed E-state index contributed by atoms with van der Waals surface area (Å²) in [5, 5.41) is 1.40. The van der Waals surface area contributed by atoms with E-state index in [-0.39, 0.29) is 0 Å². The van der Waals surface area contributed by atoms with Gasteiger partial charge in [-0.1, -0.05) is 13.8 Å². The standard InChI is InChI=1S/C4H11NO3S/c1-3-5(4-2)8-9(6)7/h3-4H2,1-2H3,(H,6,7). The summed E-state index contributed by atoms with van der Waals surface area (Å²) in [6.07, 6.45) is 0. The average Bonchev–Trinajstić information content (AvgIpc) is 1.82. The summed E-state index contributed by atoms with van der Waals surface area (Å²) < 4.78 is 22.6. The van der Waals surface area contributed by atoms with E-state index in [4.69, 9.17) is 4.55 Å². The number of hydroxylamine groups is 2. The molecule has 0 aliphatic rings. The van der Waals surface area contributed by atoms with E-state index in [1.54, 1.807) is 0 Å². The molecule has 0 amide bonds. The number of nitrogens with zero attached hydrogens (tertiary/aromatic N) is 1. The zero-order valence-corrected chi connectivity index (χ0v) is 6.35. The molecule has 1 unspecified atom stereocenters. The highest BCUT2D eigenvalue weighted by molar-refractivity contribution is 7.74. The first-order chi connectivity index (χ1) is 4.20. The highest BCUT2D eigenvalue weighted by Crippen LogP contribution is 1.89. The van der Waals surface area contributed by atoms with Crippen molar-refractivity contribution in [2.24, 2.45) is 0 Å². The Kier molecular flexibility index (Phi) is 4.88. The molecule has 1 N–H and O–H groups in total. The topological polar surface area (TPSA) is 49.8 Å². The molecule has 0 saturated heterocycles. The third kappa shape index (κ3) is 4.53. The van der Waals surface area contributed by atoms with E-state index in [0.29, 0.717) is 13.1 Å². The van der Waals surface area contributed by atoms with Crippen LogP contribution in [0.1, 0.15) is 13.8 Å². The van der Waals surface area contributed by atoms with Crippen LogP contribution in [0.4, 0.5) is 0 Å². The van der Waals surface area contributed by atoms with Crippen LogP contribution in [0.2, 0.25) is 0 Å². The van der Waals surface area contributed by atoms with Crippen molar-refractivity contribution in [1.29, 1.82) is 0 Å². The monoisotopic (exact) mass is 153 g/mol. The lowest BCUT2D eigenvalue weighted by molar-refractivity contribution is -0.0428. The van der Waals surface area contributed by atoms with Crippen LogP contribution in [0, 0.1) is 0 Å². The fourth-order valence-electron chi connectivity index (χ4n) is 0.419. The van der Waals surface area contributed by atoms with Crippen LogP contribution in [0.3, 0.4) is 0 Å². The molecule has 9 heavy (non-hydrogen) atoms. The Labute approximate surface area is 57.2 Å². The maximum absolute atomic E-state index is 9.97. The van der Waals surface area contributed by atoms with E-state index in [0.717, 1.165) is 0 Å². The second-order valence-electron chi connectivity index (χ2n) is 1.41. The van der Waals surface area contributed by atoms with Gasteiger partial charge in [-0.3, -0.25) is 4.55 Å². The molecule has 4 nitrogen and oxygen atoms in total. The van der Waals surface area contributed by atoms with Gasteiger partial charge in [-0.05, 0) is 0 Å². The van der Waals surface area contributed by atoms with Gasteiger partial charge in [-0.2, -0.15) is 13.6 Å². The normalized spacial score (nSPS) is 14.2. The molecule has 0 bridgehead atoms. The van der Waals surface area contributed by atoms with Crippen molar-refractivity contribution in [2.75, 3.05) is 13.1 Å². The summed E-state index contributed by atoms with van der Waals surface area (Å²) in [4.78, 5) is 0. The Bertz CT molecular complexity index is 93.8. The SMILES string of the molecule is CCN(CC)OS(=O)O. The molecule has 0 fully saturated rings. The summed E-state index contributed by atoms with van der Waals surface area (Å²) in [5.74, 6) is 0. The minimum absolute atomic E-state index is 0.614. The Balaban J connectivity index is 3.43. The van der Waals surface area contributed by atoms with Gasteiger partial charge in [0.1, 0.15) is 0 Å². The molecule has 0 radical (unpaired) electrons. The summed E-state index contributed by atoms with van der Waals surface area (Å²) >= 11 is -2.17. The predicted molar refractivity (Wildman–Crippen MR) is 34.8 cm³/mol. The maximum atomic E-state index is 9.97. The molecular weight excluding hydrogens is 142 g/mol. The molecule has 0 aliphatic carbocycles. The highest BCUT2D eigenvalue weighted by Gasteiger charge is 2.01. The van der Waals surface area contributed by atoms with Gasteiger partial charge >= 0.3 is 11.4 Å². The summed E-state index contributed by atoms with van der Waals surface area (Å²) in [7, 11) is 0. The van der Waals surface area contributed by atoms with Crippen LogP contribution in [0.5, 0.6) is 0 Å². The molecule has 0 saturated carbocycles. The molecule has 1 atom stereocenters. The number of hydrogen-bond donors (Lipinski definition) is 1. The zero-order valence-electron chi connectivity index (χ0n) is 5.53. The third-order valence-electron chi connectivity index (χ3n) is 0.875. The van der Waals surface area contributed by atoms with E-state index in [9.17, 15) is 4.21 Å². The number of rotatable bonds is 4. The quantitative estimate of drug-likeness (QED) is 0.469. The van der Waals surface area contributed by atoms with Gasteiger partial charge in [0, 0.05) is 13.1 Å². The first kappa shape index (κ1) is 9.03. The smallest absolute Gasteiger partial charge is 0.283 e. The summed E-state index contributed by atoms with van der Waals surface area (Å²) in [6.45, 7) is 4.92. The van der Waals surface area contributed by atoms with Crippen LogP contribution < -0.4 is 0 Å². The average molecular weight is 153 g/mol. The molecule has 0 heterocycles. The van der Waals surface area contributed by atoms with Crippen LogP contribution in [0.15, 0.2) is 0 Å². The molecule has 0 aromatic rings. The largest absolute Gasteiger partial charge is 0.319 e. The van der Waals surface area contributed by atoms with Crippen LogP contribution in [0.25, 0.3) is 0 Å². The maximum Gasteiger partial charge on any atom is 0.319 e. The van der Waals surface area contributed by atoms with Gasteiger partial charge in [0.25, 0.3) is 0 Å². The van der Waals surface area contributed by atoms with Crippen molar-refractivity contribution >= 4 is 11.4 Å². The molecule has 5 heteroatoms. The van der Waals surface area contributed by atoms with Gasteiger partial charge < -0.3 is 0 Å². The number of hydrogen-bond acceptors (Lipinski definition) is 3. The van der Waals surface area contributed by atoms with E-state index < -0.39 is 11.4 Å². The van der Waals surface area contributed by atoms with Crippen molar-refractivity contribution < 1.29 is 13.0 Å². The van der Waals surface area contributed by atoms with Crippen LogP contribution >= 0.6 is 0 Å². The van der Waals surface area contributed by atoms with Crippen molar-refractivity contribution in [3.8, 4) is 0 Å². The minimum atomic E-state index is -2.17. The fourth-order valence-corrected chi connectivity index (χ4v) is 0.810. The minimum Gasteiger partial charge on any atom is -0.283 e. The molecule has 0 aliphatic heterocycles. The first-order valence-corrected chi connectivity index (χ1v) is 3.78. The van der Waals surface area contributed by atoms with E-state index >= 15 is 0 Å². The van der Waals surface area contributed by atoms with Crippen LogP contribution in [-0.2, 0) is 15.6 Å². The van der Waals surface area contributed by atoms with Crippen molar-refractivity contribution in [1.82, 2.24) is 5.06 Å². The van der Waals surface area contributed by atoms with Gasteiger partial charge in [0.2, 0.25) is 0 Å². The Morgan fingerprint density at radius 2 is 2.00 bits per heavy atom. The van der Waals surface area contributed by atoms with E-state index in [1.165, 1.54) is 5.06 Å². The molecule has 0 aromatic carbocycles. The zero-order chi connectivity index (χ0) is 7.28. The van der Waals surface area contributed by atoms with E-state index in [1.807, 2.05) is 13.8 Å². The molecule has 0 aromatic heterocycles.